The summed E-state index contributed by atoms with van der Waals surface area (Å²) in [6, 6.07) is 13.6. The van der Waals surface area contributed by atoms with Crippen LogP contribution in [-0.4, -0.2) is 34.5 Å². The minimum absolute atomic E-state index is 0.263. The molecule has 1 aromatic heterocycles. The number of unbranched alkanes of at least 4 members (excludes halogenated alkanes) is 1. The Morgan fingerprint density at radius 1 is 1.24 bits per heavy atom. The fourth-order valence-corrected chi connectivity index (χ4v) is 4.54. The van der Waals surface area contributed by atoms with E-state index in [1.807, 2.05) is 38.1 Å². The van der Waals surface area contributed by atoms with Crippen molar-refractivity contribution >= 4 is 23.7 Å². The zero-order chi connectivity index (χ0) is 24.1. The predicted molar refractivity (Wildman–Crippen MR) is 129 cm³/mol. The maximum Gasteiger partial charge on any atom is 0.338 e. The lowest BCUT2D eigenvalue weighted by Crippen LogP contribution is -2.29. The van der Waals surface area contributed by atoms with Gasteiger partial charge in [0.1, 0.15) is 17.6 Å². The number of esters is 1. The summed E-state index contributed by atoms with van der Waals surface area (Å²) in [5, 5.41) is 8.34. The molecule has 1 unspecified atom stereocenters. The van der Waals surface area contributed by atoms with Gasteiger partial charge in [-0.3, -0.25) is 0 Å². The Kier molecular flexibility index (Phi) is 7.52. The van der Waals surface area contributed by atoms with Crippen LogP contribution in [0.4, 0.5) is 10.3 Å². The second kappa shape index (κ2) is 10.7. The molecule has 2 aromatic carbocycles. The highest BCUT2D eigenvalue weighted by atomic mass is 32.2. The van der Waals surface area contributed by atoms with Gasteiger partial charge in [-0.2, -0.15) is 4.98 Å². The second-order valence-corrected chi connectivity index (χ2v) is 8.82. The summed E-state index contributed by atoms with van der Waals surface area (Å²) >= 11 is 1.33. The van der Waals surface area contributed by atoms with Gasteiger partial charge in [0.25, 0.3) is 0 Å². The van der Waals surface area contributed by atoms with Gasteiger partial charge in [0.2, 0.25) is 11.1 Å². The number of benzene rings is 2. The van der Waals surface area contributed by atoms with Crippen molar-refractivity contribution in [3.8, 4) is 5.75 Å². The SMILES string of the molecule is CCCCOC(=O)C1=C(C)Nc2nc(SCc3ccccc3F)nn2C1c1cccc(OC)c1. The van der Waals surface area contributed by atoms with Gasteiger partial charge in [0, 0.05) is 11.4 Å². The molecule has 2 heterocycles. The summed E-state index contributed by atoms with van der Waals surface area (Å²) in [5.41, 5.74) is 2.51. The summed E-state index contributed by atoms with van der Waals surface area (Å²) in [4.78, 5) is 17.7. The lowest BCUT2D eigenvalue weighted by molar-refractivity contribution is -0.139. The summed E-state index contributed by atoms with van der Waals surface area (Å²) in [6.07, 6.45) is 1.72. The minimum Gasteiger partial charge on any atom is -0.497 e. The zero-order valence-electron chi connectivity index (χ0n) is 19.4. The maximum absolute atomic E-state index is 14.1. The van der Waals surface area contributed by atoms with Crippen molar-refractivity contribution in [2.75, 3.05) is 19.0 Å². The molecular weight excluding hydrogens is 455 g/mol. The van der Waals surface area contributed by atoms with Gasteiger partial charge >= 0.3 is 5.97 Å². The molecule has 0 amide bonds. The van der Waals surface area contributed by atoms with Crippen molar-refractivity contribution in [2.45, 2.75) is 43.6 Å². The molecule has 1 aliphatic rings. The number of hydrogen-bond acceptors (Lipinski definition) is 7. The molecule has 1 atom stereocenters. The number of ether oxygens (including phenoxy) is 2. The number of hydrogen-bond donors (Lipinski definition) is 1. The van der Waals surface area contributed by atoms with Gasteiger partial charge in [-0.15, -0.1) is 5.10 Å². The molecule has 3 aromatic rings. The Bertz CT molecular complexity index is 1210. The number of halogens is 1. The quantitative estimate of drug-likeness (QED) is 0.250. The number of rotatable bonds is 9. The molecule has 34 heavy (non-hydrogen) atoms. The van der Waals surface area contributed by atoms with Crippen LogP contribution in [0.15, 0.2) is 65.0 Å². The van der Waals surface area contributed by atoms with Gasteiger partial charge < -0.3 is 14.8 Å². The zero-order valence-corrected chi connectivity index (χ0v) is 20.2. The van der Waals surface area contributed by atoms with Crippen molar-refractivity contribution in [3.63, 3.8) is 0 Å². The van der Waals surface area contributed by atoms with Crippen molar-refractivity contribution in [3.05, 3.63) is 76.7 Å². The number of nitrogens with zero attached hydrogens (tertiary/aromatic N) is 3. The number of carbonyl (C=O) groups excluding carboxylic acids is 1. The van der Waals surface area contributed by atoms with Crippen LogP contribution >= 0.6 is 11.8 Å². The first-order chi connectivity index (χ1) is 16.5. The monoisotopic (exact) mass is 482 g/mol. The standard InChI is InChI=1S/C25H27FN4O3S/c1-4-5-13-33-23(31)21-16(2)27-24-28-25(34-15-18-9-6-7-12-20(18)26)29-30(24)22(21)17-10-8-11-19(14-17)32-3/h6-12,14,22H,4-5,13,15H2,1-3H3,(H,27,28,29). The molecule has 4 rings (SSSR count). The van der Waals surface area contributed by atoms with Crippen LogP contribution in [0.1, 0.15) is 43.9 Å². The molecular formula is C25H27FN4O3S. The summed E-state index contributed by atoms with van der Waals surface area (Å²) in [5.74, 6) is 0.904. The highest BCUT2D eigenvalue weighted by molar-refractivity contribution is 7.98. The van der Waals surface area contributed by atoms with E-state index < -0.39 is 12.0 Å². The molecule has 0 fully saturated rings. The lowest BCUT2D eigenvalue weighted by Gasteiger charge is -2.28. The first kappa shape index (κ1) is 23.8. The van der Waals surface area contributed by atoms with E-state index in [1.54, 1.807) is 30.0 Å². The third-order valence-electron chi connectivity index (χ3n) is 5.51. The van der Waals surface area contributed by atoms with Crippen molar-refractivity contribution in [1.29, 1.82) is 0 Å². The number of thioether (sulfide) groups is 1. The highest BCUT2D eigenvalue weighted by Crippen LogP contribution is 2.38. The van der Waals surface area contributed by atoms with E-state index >= 15 is 0 Å². The molecule has 0 saturated carbocycles. The average molecular weight is 483 g/mol. The van der Waals surface area contributed by atoms with Gasteiger partial charge in [-0.25, -0.2) is 13.9 Å². The van der Waals surface area contributed by atoms with E-state index in [2.05, 4.69) is 15.4 Å². The molecule has 1 aliphatic heterocycles. The van der Waals surface area contributed by atoms with Crippen LogP contribution in [-0.2, 0) is 15.3 Å². The smallest absolute Gasteiger partial charge is 0.338 e. The molecule has 0 bridgehead atoms. The number of allylic oxidation sites excluding steroid dienone is 1. The van der Waals surface area contributed by atoms with Gasteiger partial charge in [-0.05, 0) is 42.7 Å². The van der Waals surface area contributed by atoms with Crippen LogP contribution in [0.2, 0.25) is 0 Å². The molecule has 0 saturated heterocycles. The third kappa shape index (κ3) is 5.09. The first-order valence-electron chi connectivity index (χ1n) is 11.1. The van der Waals surface area contributed by atoms with E-state index in [0.717, 1.165) is 18.4 Å². The number of carbonyl (C=O) groups is 1. The van der Waals surface area contributed by atoms with Crippen molar-refractivity contribution in [2.24, 2.45) is 0 Å². The number of nitrogens with one attached hydrogen (secondary N) is 1. The molecule has 0 spiro atoms. The Balaban J connectivity index is 1.68. The molecule has 178 valence electrons. The summed E-state index contributed by atoms with van der Waals surface area (Å²) < 4.78 is 26.7. The largest absolute Gasteiger partial charge is 0.497 e. The number of fused-ring (bicyclic) bond motifs is 1. The Labute approximate surface area is 202 Å². The van der Waals surface area contributed by atoms with Crippen molar-refractivity contribution in [1.82, 2.24) is 14.8 Å². The number of methoxy groups -OCH3 is 1. The van der Waals surface area contributed by atoms with Crippen LogP contribution in [0.5, 0.6) is 5.75 Å². The number of aromatic nitrogens is 3. The fraction of sp³-hybridized carbons (Fsp3) is 0.320. The molecule has 1 N–H and O–H groups in total. The molecule has 9 heteroatoms. The van der Waals surface area contributed by atoms with E-state index in [9.17, 15) is 9.18 Å². The van der Waals surface area contributed by atoms with Gasteiger partial charge in [-0.1, -0.05) is 55.4 Å². The Morgan fingerprint density at radius 2 is 2.06 bits per heavy atom. The Hall–Kier alpha value is -3.33. The van der Waals surface area contributed by atoms with Crippen LogP contribution in [0, 0.1) is 5.82 Å². The fourth-order valence-electron chi connectivity index (χ4n) is 3.72. The molecule has 0 aliphatic carbocycles. The van der Waals surface area contributed by atoms with E-state index in [0.29, 0.717) is 46.0 Å². The van der Waals surface area contributed by atoms with Crippen LogP contribution < -0.4 is 10.1 Å². The summed E-state index contributed by atoms with van der Waals surface area (Å²) in [6.45, 7) is 4.22. The first-order valence-corrected chi connectivity index (χ1v) is 12.1. The second-order valence-electron chi connectivity index (χ2n) is 7.87. The van der Waals surface area contributed by atoms with Crippen molar-refractivity contribution < 1.29 is 18.7 Å². The van der Waals surface area contributed by atoms with Crippen LogP contribution in [0.3, 0.4) is 0 Å². The summed E-state index contributed by atoms with van der Waals surface area (Å²) in [7, 11) is 1.60. The average Bonchev–Trinajstić information content (AvgIpc) is 3.25. The lowest BCUT2D eigenvalue weighted by atomic mass is 9.95. The number of anilines is 1. The van der Waals surface area contributed by atoms with E-state index in [4.69, 9.17) is 9.47 Å². The minimum atomic E-state index is -0.546. The van der Waals surface area contributed by atoms with Gasteiger partial charge in [0.15, 0.2) is 0 Å². The molecule has 0 radical (unpaired) electrons. The topological polar surface area (TPSA) is 78.3 Å². The third-order valence-corrected chi connectivity index (χ3v) is 6.39. The normalized spacial score (nSPS) is 15.0. The maximum atomic E-state index is 14.1. The van der Waals surface area contributed by atoms with Crippen LogP contribution in [0.25, 0.3) is 0 Å². The van der Waals surface area contributed by atoms with E-state index in [1.165, 1.54) is 17.8 Å². The van der Waals surface area contributed by atoms with E-state index in [-0.39, 0.29) is 5.82 Å². The van der Waals surface area contributed by atoms with Gasteiger partial charge in [0.05, 0.1) is 19.3 Å². The predicted octanol–water partition coefficient (Wildman–Crippen LogP) is 5.35. The molecule has 7 nitrogen and oxygen atoms in total. The Morgan fingerprint density at radius 3 is 2.82 bits per heavy atom. The highest BCUT2D eigenvalue weighted by Gasteiger charge is 2.35.